The van der Waals surface area contributed by atoms with Gasteiger partial charge in [0.25, 0.3) is 0 Å². The van der Waals surface area contributed by atoms with E-state index >= 15 is 0 Å². The van der Waals surface area contributed by atoms with Gasteiger partial charge in [0.15, 0.2) is 0 Å². The van der Waals surface area contributed by atoms with Crippen molar-refractivity contribution in [3.63, 3.8) is 0 Å². The Morgan fingerprint density at radius 3 is 2.76 bits per heavy atom. The topological polar surface area (TPSA) is 70.5 Å². The van der Waals surface area contributed by atoms with Crippen molar-refractivity contribution in [2.75, 3.05) is 40.3 Å². The molecule has 21 heavy (non-hydrogen) atoms. The van der Waals surface area contributed by atoms with Crippen molar-refractivity contribution in [1.82, 2.24) is 24.9 Å². The van der Waals surface area contributed by atoms with Gasteiger partial charge in [-0.15, -0.1) is 0 Å². The Hall–Kier alpha value is -1.89. The molecular weight excluding hydrogens is 270 g/mol. The van der Waals surface area contributed by atoms with E-state index in [9.17, 15) is 9.59 Å². The number of rotatable bonds is 3. The van der Waals surface area contributed by atoms with Crippen LogP contribution in [0.15, 0.2) is 12.4 Å². The quantitative estimate of drug-likeness (QED) is 0.802. The maximum Gasteiger partial charge on any atom is 0.244 e. The van der Waals surface area contributed by atoms with Gasteiger partial charge in [0.05, 0.1) is 12.1 Å². The monoisotopic (exact) mass is 293 g/mol. The lowest BCUT2D eigenvalue weighted by Gasteiger charge is -2.23. The standard InChI is InChI=1S/C14H23N5O2/c1-11-6-16-19(7-11)10-13(20)18-5-4-17(3)8-12(9-18)14(21)15-2/h6-7,12H,4-5,8-10H2,1-3H3,(H,15,21)/t12-/m0/s1. The van der Waals surface area contributed by atoms with Gasteiger partial charge in [-0.1, -0.05) is 0 Å². The van der Waals surface area contributed by atoms with Crippen LogP contribution in [0.4, 0.5) is 0 Å². The normalized spacial score (nSPS) is 20.1. The van der Waals surface area contributed by atoms with Gasteiger partial charge in [0.1, 0.15) is 6.54 Å². The van der Waals surface area contributed by atoms with Gasteiger partial charge < -0.3 is 15.1 Å². The van der Waals surface area contributed by atoms with Crippen molar-refractivity contribution in [3.05, 3.63) is 18.0 Å². The van der Waals surface area contributed by atoms with Gasteiger partial charge in [-0.25, -0.2) is 0 Å². The Kier molecular flexibility index (Phi) is 4.95. The molecule has 0 aliphatic carbocycles. The number of aryl methyl sites for hydroxylation is 1. The number of nitrogens with one attached hydrogen (secondary N) is 1. The van der Waals surface area contributed by atoms with Gasteiger partial charge in [0.2, 0.25) is 11.8 Å². The van der Waals surface area contributed by atoms with Crippen LogP contribution in [-0.4, -0.2) is 71.7 Å². The van der Waals surface area contributed by atoms with Gasteiger partial charge in [-0.3, -0.25) is 14.3 Å². The number of nitrogens with zero attached hydrogens (tertiary/aromatic N) is 4. The summed E-state index contributed by atoms with van der Waals surface area (Å²) in [6.07, 6.45) is 3.58. The van der Waals surface area contributed by atoms with E-state index < -0.39 is 0 Å². The summed E-state index contributed by atoms with van der Waals surface area (Å²) >= 11 is 0. The summed E-state index contributed by atoms with van der Waals surface area (Å²) in [4.78, 5) is 28.2. The third-order valence-corrected chi connectivity index (χ3v) is 3.75. The molecule has 1 saturated heterocycles. The van der Waals surface area contributed by atoms with Crippen molar-refractivity contribution >= 4 is 11.8 Å². The third-order valence-electron chi connectivity index (χ3n) is 3.75. The molecule has 7 nitrogen and oxygen atoms in total. The van der Waals surface area contributed by atoms with E-state index in [1.807, 2.05) is 20.2 Å². The fourth-order valence-corrected chi connectivity index (χ4v) is 2.56. The molecule has 2 heterocycles. The smallest absolute Gasteiger partial charge is 0.244 e. The lowest BCUT2D eigenvalue weighted by atomic mass is 10.1. The Morgan fingerprint density at radius 1 is 1.38 bits per heavy atom. The Morgan fingerprint density at radius 2 is 2.14 bits per heavy atom. The van der Waals surface area contributed by atoms with Crippen LogP contribution in [0.2, 0.25) is 0 Å². The van der Waals surface area contributed by atoms with E-state index in [0.717, 1.165) is 12.1 Å². The highest BCUT2D eigenvalue weighted by Crippen LogP contribution is 2.10. The molecule has 0 spiro atoms. The highest BCUT2D eigenvalue weighted by Gasteiger charge is 2.28. The molecule has 1 N–H and O–H groups in total. The molecule has 0 radical (unpaired) electrons. The van der Waals surface area contributed by atoms with Crippen molar-refractivity contribution < 1.29 is 9.59 Å². The van der Waals surface area contributed by atoms with Crippen LogP contribution < -0.4 is 5.32 Å². The maximum absolute atomic E-state index is 12.4. The van der Waals surface area contributed by atoms with Crippen molar-refractivity contribution in [3.8, 4) is 0 Å². The summed E-state index contributed by atoms with van der Waals surface area (Å²) < 4.78 is 1.64. The van der Waals surface area contributed by atoms with Crippen LogP contribution >= 0.6 is 0 Å². The molecule has 7 heteroatoms. The second kappa shape index (κ2) is 6.71. The molecule has 0 aromatic carbocycles. The largest absolute Gasteiger partial charge is 0.359 e. The number of hydrogen-bond acceptors (Lipinski definition) is 4. The first-order chi connectivity index (χ1) is 9.99. The molecule has 1 aromatic heterocycles. The number of carbonyl (C=O) groups is 2. The first-order valence-corrected chi connectivity index (χ1v) is 7.16. The van der Waals surface area contributed by atoms with Crippen molar-refractivity contribution in [2.24, 2.45) is 5.92 Å². The van der Waals surface area contributed by atoms with Crippen LogP contribution in [0, 0.1) is 12.8 Å². The predicted molar refractivity (Wildman–Crippen MR) is 78.6 cm³/mol. The molecule has 1 atom stereocenters. The number of aromatic nitrogens is 2. The molecule has 1 aliphatic rings. The fourth-order valence-electron chi connectivity index (χ4n) is 2.56. The Bertz CT molecular complexity index is 513. The van der Waals surface area contributed by atoms with E-state index in [4.69, 9.17) is 0 Å². The molecule has 0 saturated carbocycles. The van der Waals surface area contributed by atoms with Crippen molar-refractivity contribution in [2.45, 2.75) is 13.5 Å². The van der Waals surface area contributed by atoms with Gasteiger partial charge >= 0.3 is 0 Å². The predicted octanol–water partition coefficient (Wildman–Crippen LogP) is -0.672. The summed E-state index contributed by atoms with van der Waals surface area (Å²) in [6.45, 7) is 4.71. The van der Waals surface area contributed by atoms with Crippen LogP contribution in [0.5, 0.6) is 0 Å². The summed E-state index contributed by atoms with van der Waals surface area (Å²) in [5, 5.41) is 6.81. The first kappa shape index (κ1) is 15.5. The minimum Gasteiger partial charge on any atom is -0.359 e. The van der Waals surface area contributed by atoms with E-state index in [1.54, 1.807) is 22.8 Å². The average molecular weight is 293 g/mol. The molecule has 2 amide bonds. The van der Waals surface area contributed by atoms with E-state index in [-0.39, 0.29) is 24.3 Å². The van der Waals surface area contributed by atoms with Crippen LogP contribution in [0.1, 0.15) is 5.56 Å². The van der Waals surface area contributed by atoms with Crippen LogP contribution in [0.3, 0.4) is 0 Å². The number of hydrogen-bond donors (Lipinski definition) is 1. The molecule has 0 bridgehead atoms. The molecule has 1 fully saturated rings. The third kappa shape index (κ3) is 4.04. The molecule has 116 valence electrons. The highest BCUT2D eigenvalue weighted by atomic mass is 16.2. The highest BCUT2D eigenvalue weighted by molar-refractivity contribution is 5.81. The SMILES string of the molecule is CNC(=O)[C@H]1CN(C)CCN(C(=O)Cn2cc(C)cn2)C1. The molecule has 0 unspecified atom stereocenters. The van der Waals surface area contributed by atoms with Gasteiger partial charge in [0, 0.05) is 39.4 Å². The summed E-state index contributed by atoms with van der Waals surface area (Å²) in [6, 6.07) is 0. The molecular formula is C14H23N5O2. The number of amides is 2. The summed E-state index contributed by atoms with van der Waals surface area (Å²) in [5.74, 6) is -0.204. The van der Waals surface area contributed by atoms with E-state index in [2.05, 4.69) is 15.3 Å². The van der Waals surface area contributed by atoms with E-state index in [1.165, 1.54) is 0 Å². The molecule has 1 aromatic rings. The molecule has 1 aliphatic heterocycles. The fraction of sp³-hybridized carbons (Fsp3) is 0.643. The number of likely N-dealkylation sites (N-methyl/N-ethyl adjacent to an activating group) is 1. The zero-order valence-electron chi connectivity index (χ0n) is 12.9. The van der Waals surface area contributed by atoms with Gasteiger partial charge in [-0.2, -0.15) is 5.10 Å². The second-order valence-corrected chi connectivity index (χ2v) is 5.63. The van der Waals surface area contributed by atoms with E-state index in [0.29, 0.717) is 19.6 Å². The first-order valence-electron chi connectivity index (χ1n) is 7.16. The summed E-state index contributed by atoms with van der Waals surface area (Å²) in [7, 11) is 3.60. The Labute approximate surface area is 124 Å². The zero-order chi connectivity index (χ0) is 15.4. The minimum atomic E-state index is -0.189. The van der Waals surface area contributed by atoms with Crippen LogP contribution in [0.25, 0.3) is 0 Å². The summed E-state index contributed by atoms with van der Waals surface area (Å²) in [5.41, 5.74) is 1.03. The lowest BCUT2D eigenvalue weighted by Crippen LogP contribution is -2.42. The zero-order valence-corrected chi connectivity index (χ0v) is 12.9. The van der Waals surface area contributed by atoms with Crippen molar-refractivity contribution in [1.29, 1.82) is 0 Å². The maximum atomic E-state index is 12.4. The van der Waals surface area contributed by atoms with Gasteiger partial charge in [-0.05, 0) is 19.5 Å². The Balaban J connectivity index is 2.03. The number of carbonyl (C=O) groups excluding carboxylic acids is 2. The van der Waals surface area contributed by atoms with Crippen LogP contribution in [-0.2, 0) is 16.1 Å². The lowest BCUT2D eigenvalue weighted by molar-refractivity contribution is -0.133. The minimum absolute atomic E-state index is 0.00213. The molecule has 2 rings (SSSR count). The second-order valence-electron chi connectivity index (χ2n) is 5.63. The average Bonchev–Trinajstić information content (AvgIpc) is 2.74.